The van der Waals surface area contributed by atoms with Gasteiger partial charge in [-0.3, -0.25) is 4.99 Å². The smallest absolute Gasteiger partial charge is 0.191 e. The zero-order chi connectivity index (χ0) is 17.7. The summed E-state index contributed by atoms with van der Waals surface area (Å²) in [5, 5.41) is 6.79. The van der Waals surface area contributed by atoms with Gasteiger partial charge < -0.3 is 24.5 Å². The highest BCUT2D eigenvalue weighted by Crippen LogP contribution is 2.11. The van der Waals surface area contributed by atoms with Gasteiger partial charge in [0.15, 0.2) is 5.96 Å². The van der Waals surface area contributed by atoms with E-state index in [9.17, 15) is 0 Å². The summed E-state index contributed by atoms with van der Waals surface area (Å²) in [5.74, 6) is 1.84. The summed E-state index contributed by atoms with van der Waals surface area (Å²) in [4.78, 5) is 4.68. The molecule has 2 rings (SSSR count). The molecule has 2 heterocycles. The molecule has 0 saturated carbocycles. The lowest BCUT2D eigenvalue weighted by molar-refractivity contribution is 0.0762. The van der Waals surface area contributed by atoms with Gasteiger partial charge in [0.25, 0.3) is 0 Å². The molecule has 1 fully saturated rings. The number of ether oxygens (including phenoxy) is 2. The van der Waals surface area contributed by atoms with Crippen LogP contribution in [0.15, 0.2) is 27.8 Å². The highest BCUT2D eigenvalue weighted by molar-refractivity contribution is 14.0. The second-order valence-corrected chi connectivity index (χ2v) is 6.63. The van der Waals surface area contributed by atoms with Gasteiger partial charge in [-0.05, 0) is 51.7 Å². The molecule has 1 unspecified atom stereocenters. The van der Waals surface area contributed by atoms with Gasteiger partial charge in [0, 0.05) is 32.7 Å². The Kier molecular flexibility index (Phi) is 12.8. The first-order valence-electron chi connectivity index (χ1n) is 9.52. The van der Waals surface area contributed by atoms with Crippen molar-refractivity contribution in [1.82, 2.24) is 10.6 Å². The maximum atomic E-state index is 5.65. The lowest BCUT2D eigenvalue weighted by Gasteiger charge is -2.14. The first-order chi connectivity index (χ1) is 12.2. The number of nitrogens with one attached hydrogen (secondary N) is 2. The van der Waals surface area contributed by atoms with Crippen LogP contribution in [-0.2, 0) is 15.9 Å². The van der Waals surface area contributed by atoms with Crippen LogP contribution in [-0.4, -0.2) is 51.0 Å². The van der Waals surface area contributed by atoms with E-state index in [0.29, 0.717) is 12.6 Å². The summed E-state index contributed by atoms with van der Waals surface area (Å²) in [6, 6.07) is 3.91. The normalized spacial score (nSPS) is 17.3. The van der Waals surface area contributed by atoms with E-state index in [4.69, 9.17) is 13.9 Å². The van der Waals surface area contributed by atoms with Crippen molar-refractivity contribution in [3.8, 4) is 0 Å². The van der Waals surface area contributed by atoms with Gasteiger partial charge in [0.05, 0.1) is 25.0 Å². The number of rotatable bonds is 11. The highest BCUT2D eigenvalue weighted by atomic mass is 127. The van der Waals surface area contributed by atoms with E-state index >= 15 is 0 Å². The molecule has 1 aromatic heterocycles. The topological polar surface area (TPSA) is 68.0 Å². The largest absolute Gasteiger partial charge is 0.469 e. The Balaban J connectivity index is 0.00000338. The molecule has 1 saturated heterocycles. The number of nitrogens with zero attached hydrogens (tertiary/aromatic N) is 1. The Morgan fingerprint density at radius 1 is 1.31 bits per heavy atom. The predicted molar refractivity (Wildman–Crippen MR) is 115 cm³/mol. The maximum absolute atomic E-state index is 5.65. The van der Waals surface area contributed by atoms with Gasteiger partial charge in [-0.2, -0.15) is 0 Å². The van der Waals surface area contributed by atoms with Crippen molar-refractivity contribution < 1.29 is 13.9 Å². The number of hydrogen-bond acceptors (Lipinski definition) is 4. The molecule has 2 N–H and O–H groups in total. The number of aliphatic imine (C=N–C) groups is 1. The van der Waals surface area contributed by atoms with E-state index in [1.54, 1.807) is 6.26 Å². The third-order valence-corrected chi connectivity index (χ3v) is 4.04. The van der Waals surface area contributed by atoms with Gasteiger partial charge in [-0.15, -0.1) is 24.0 Å². The van der Waals surface area contributed by atoms with Crippen molar-refractivity contribution in [3.63, 3.8) is 0 Å². The Hall–Kier alpha value is -0.800. The average Bonchev–Trinajstić information content (AvgIpc) is 3.28. The van der Waals surface area contributed by atoms with E-state index < -0.39 is 0 Å². The van der Waals surface area contributed by atoms with E-state index in [-0.39, 0.29) is 30.1 Å². The van der Waals surface area contributed by atoms with Crippen LogP contribution < -0.4 is 10.6 Å². The molecule has 1 atom stereocenters. The zero-order valence-electron chi connectivity index (χ0n) is 16.0. The molecular weight excluding hydrogens is 445 g/mol. The molecule has 1 aliphatic rings. The second kappa shape index (κ2) is 14.3. The van der Waals surface area contributed by atoms with Crippen molar-refractivity contribution >= 4 is 29.9 Å². The van der Waals surface area contributed by atoms with Gasteiger partial charge >= 0.3 is 0 Å². The summed E-state index contributed by atoms with van der Waals surface area (Å²) in [7, 11) is 0. The monoisotopic (exact) mass is 479 g/mol. The number of furan rings is 1. The van der Waals surface area contributed by atoms with Crippen LogP contribution in [0.25, 0.3) is 0 Å². The number of guanidine groups is 1. The third kappa shape index (κ3) is 10.4. The molecule has 6 nitrogen and oxygen atoms in total. The average molecular weight is 479 g/mol. The van der Waals surface area contributed by atoms with Crippen LogP contribution in [0, 0.1) is 0 Å². The first-order valence-corrected chi connectivity index (χ1v) is 9.52. The van der Waals surface area contributed by atoms with Crippen LogP contribution in [0.4, 0.5) is 0 Å². The molecule has 7 heteroatoms. The molecule has 0 aromatic carbocycles. The molecule has 0 radical (unpaired) electrons. The Labute approximate surface area is 174 Å². The van der Waals surface area contributed by atoms with Crippen LogP contribution in [0.2, 0.25) is 0 Å². The maximum Gasteiger partial charge on any atom is 0.191 e. The minimum atomic E-state index is 0. The standard InChI is InChI=1S/C19H33N3O3.HI/c1-16(2)23-12-4-3-10-20-19(22-15-18-8-6-14-25-18)21-11-9-17-7-5-13-24-17;/h5,7,13,16,18H,3-4,6,8-12,14-15H2,1-2H3,(H2,20,21,22);1H. The number of halogens is 1. The third-order valence-electron chi connectivity index (χ3n) is 4.04. The highest BCUT2D eigenvalue weighted by Gasteiger charge is 2.14. The SMILES string of the molecule is CC(C)OCCCCNC(=NCC1CCCO1)NCCc1ccco1.I. The number of unbranched alkanes of at least 4 members (excludes halogenated alkanes) is 1. The molecule has 0 amide bonds. The van der Waals surface area contributed by atoms with Gasteiger partial charge in [-0.1, -0.05) is 0 Å². The molecular formula is C19H34IN3O3. The summed E-state index contributed by atoms with van der Waals surface area (Å²) in [6.07, 6.45) is 7.49. The van der Waals surface area contributed by atoms with Crippen LogP contribution in [0.5, 0.6) is 0 Å². The fourth-order valence-electron chi connectivity index (χ4n) is 2.67. The fourth-order valence-corrected chi connectivity index (χ4v) is 2.67. The Bertz CT molecular complexity index is 474. The van der Waals surface area contributed by atoms with Crippen LogP contribution in [0.3, 0.4) is 0 Å². The Morgan fingerprint density at radius 2 is 2.15 bits per heavy atom. The van der Waals surface area contributed by atoms with Gasteiger partial charge in [0.1, 0.15) is 5.76 Å². The molecule has 26 heavy (non-hydrogen) atoms. The zero-order valence-corrected chi connectivity index (χ0v) is 18.4. The van der Waals surface area contributed by atoms with Crippen LogP contribution in [0.1, 0.15) is 45.3 Å². The predicted octanol–water partition coefficient (Wildman–Crippen LogP) is 3.36. The molecule has 0 spiro atoms. The van der Waals surface area contributed by atoms with E-state index in [1.165, 1.54) is 0 Å². The van der Waals surface area contributed by atoms with Crippen molar-refractivity contribution in [3.05, 3.63) is 24.2 Å². The van der Waals surface area contributed by atoms with Crippen molar-refractivity contribution in [2.45, 2.75) is 58.2 Å². The van der Waals surface area contributed by atoms with Crippen molar-refractivity contribution in [2.24, 2.45) is 4.99 Å². The van der Waals surface area contributed by atoms with Gasteiger partial charge in [0.2, 0.25) is 0 Å². The summed E-state index contributed by atoms with van der Waals surface area (Å²) in [6.45, 7) is 8.21. The Morgan fingerprint density at radius 3 is 2.85 bits per heavy atom. The lowest BCUT2D eigenvalue weighted by Crippen LogP contribution is -2.39. The summed E-state index contributed by atoms with van der Waals surface area (Å²) < 4.78 is 16.6. The minimum Gasteiger partial charge on any atom is -0.469 e. The summed E-state index contributed by atoms with van der Waals surface area (Å²) >= 11 is 0. The number of hydrogen-bond donors (Lipinski definition) is 2. The summed E-state index contributed by atoms with van der Waals surface area (Å²) in [5.41, 5.74) is 0. The molecule has 1 aromatic rings. The molecule has 0 bridgehead atoms. The first kappa shape index (κ1) is 23.2. The van der Waals surface area contributed by atoms with Crippen LogP contribution >= 0.6 is 24.0 Å². The second-order valence-electron chi connectivity index (χ2n) is 6.63. The quantitative estimate of drug-likeness (QED) is 0.221. The lowest BCUT2D eigenvalue weighted by atomic mass is 10.2. The van der Waals surface area contributed by atoms with E-state index in [2.05, 4.69) is 29.5 Å². The van der Waals surface area contributed by atoms with Gasteiger partial charge in [-0.25, -0.2) is 0 Å². The molecule has 0 aliphatic carbocycles. The fraction of sp³-hybridized carbons (Fsp3) is 0.737. The van der Waals surface area contributed by atoms with Crippen molar-refractivity contribution in [1.29, 1.82) is 0 Å². The molecule has 150 valence electrons. The molecule has 1 aliphatic heterocycles. The minimum absolute atomic E-state index is 0. The van der Waals surface area contributed by atoms with E-state index in [1.807, 2.05) is 12.1 Å². The van der Waals surface area contributed by atoms with E-state index in [0.717, 1.165) is 70.1 Å². The van der Waals surface area contributed by atoms with Crippen molar-refractivity contribution in [2.75, 3.05) is 32.8 Å².